The quantitative estimate of drug-likeness (QED) is 0.143. The molecule has 39 heavy (non-hydrogen) atoms. The van der Waals surface area contributed by atoms with Crippen molar-refractivity contribution in [3.8, 4) is 11.5 Å². The van der Waals surface area contributed by atoms with E-state index in [0.717, 1.165) is 16.0 Å². The van der Waals surface area contributed by atoms with Crippen LogP contribution in [0.25, 0.3) is 0 Å². The van der Waals surface area contributed by atoms with Gasteiger partial charge in [0.25, 0.3) is 5.91 Å². The predicted molar refractivity (Wildman–Crippen MR) is 158 cm³/mol. The third-order valence-corrected chi connectivity index (χ3v) is 6.96. The number of allylic oxidation sites excluding steroid dienone is 1. The van der Waals surface area contributed by atoms with Gasteiger partial charge >= 0.3 is 0 Å². The van der Waals surface area contributed by atoms with Gasteiger partial charge in [-0.05, 0) is 54.5 Å². The van der Waals surface area contributed by atoms with Crippen LogP contribution in [-0.2, 0) is 29.0 Å². The smallest absolute Gasteiger partial charge is 0.262 e. The molecule has 1 atom stereocenters. The maximum atomic E-state index is 12.8. The zero-order chi connectivity index (χ0) is 28.2. The lowest BCUT2D eigenvalue weighted by atomic mass is 10.0. The first-order chi connectivity index (χ1) is 18.8. The van der Waals surface area contributed by atoms with Crippen LogP contribution in [0.15, 0.2) is 71.7 Å². The van der Waals surface area contributed by atoms with E-state index in [1.165, 1.54) is 17.6 Å². The van der Waals surface area contributed by atoms with Gasteiger partial charge in [0.05, 0.1) is 19.2 Å². The first-order valence-electron chi connectivity index (χ1n) is 12.7. The molecule has 0 fully saturated rings. The topological polar surface area (TPSA) is 89.0 Å². The van der Waals surface area contributed by atoms with Crippen LogP contribution in [-0.4, -0.2) is 30.7 Å². The van der Waals surface area contributed by atoms with Crippen LogP contribution >= 0.6 is 22.9 Å². The summed E-state index contributed by atoms with van der Waals surface area (Å²) in [6.45, 7) is 10.2. The summed E-state index contributed by atoms with van der Waals surface area (Å²) in [5.74, 6) is 0.435. The number of carbonyl (C=O) groups is 2. The Hall–Kier alpha value is -3.62. The van der Waals surface area contributed by atoms with Crippen molar-refractivity contribution in [2.75, 3.05) is 6.61 Å². The Morgan fingerprint density at radius 3 is 2.59 bits per heavy atom. The van der Waals surface area contributed by atoms with Gasteiger partial charge in [-0.3, -0.25) is 9.59 Å². The third-order valence-electron chi connectivity index (χ3n) is 5.72. The monoisotopic (exact) mass is 567 g/mol. The van der Waals surface area contributed by atoms with Crippen LogP contribution in [0, 0.1) is 5.92 Å². The van der Waals surface area contributed by atoms with Crippen molar-refractivity contribution in [3.63, 3.8) is 0 Å². The lowest BCUT2D eigenvalue weighted by Gasteiger charge is -2.20. The number of rotatable bonds is 14. The summed E-state index contributed by atoms with van der Waals surface area (Å²) in [5.41, 5.74) is 4.99. The summed E-state index contributed by atoms with van der Waals surface area (Å²) >= 11 is 7.80. The second-order valence-corrected chi connectivity index (χ2v) is 10.5. The van der Waals surface area contributed by atoms with Crippen LogP contribution in [0.3, 0.4) is 0 Å². The van der Waals surface area contributed by atoms with Crippen molar-refractivity contribution in [2.24, 2.45) is 11.0 Å². The Kier molecular flexibility index (Phi) is 11.6. The number of amides is 2. The molecule has 2 aromatic carbocycles. The fourth-order valence-electron chi connectivity index (χ4n) is 3.83. The highest BCUT2D eigenvalue weighted by molar-refractivity contribution is 7.10. The van der Waals surface area contributed by atoms with Gasteiger partial charge in [0.15, 0.2) is 11.5 Å². The molecular weight excluding hydrogens is 534 g/mol. The van der Waals surface area contributed by atoms with Gasteiger partial charge in [0.2, 0.25) is 5.91 Å². The molecule has 3 rings (SSSR count). The second-order valence-electron chi connectivity index (χ2n) is 9.09. The predicted octanol–water partition coefficient (Wildman–Crippen LogP) is 5.94. The molecule has 0 aliphatic carbocycles. The summed E-state index contributed by atoms with van der Waals surface area (Å²) in [6, 6.07) is 14.3. The minimum Gasteiger partial charge on any atom is -0.490 e. The van der Waals surface area contributed by atoms with Crippen LogP contribution in [0.1, 0.15) is 42.3 Å². The molecule has 2 amide bonds. The van der Waals surface area contributed by atoms with Crippen LogP contribution in [0.5, 0.6) is 11.5 Å². The summed E-state index contributed by atoms with van der Waals surface area (Å²) in [4.78, 5) is 26.2. The molecule has 0 saturated heterocycles. The molecule has 206 valence electrons. The zero-order valence-corrected chi connectivity index (χ0v) is 24.0. The minimum absolute atomic E-state index is 0.120. The number of halogens is 1. The number of thiophene rings is 1. The normalized spacial score (nSPS) is 11.8. The van der Waals surface area contributed by atoms with E-state index in [2.05, 4.69) is 22.4 Å². The number of benzene rings is 2. The number of carbonyl (C=O) groups excluding carboxylic acids is 2. The third kappa shape index (κ3) is 8.97. The summed E-state index contributed by atoms with van der Waals surface area (Å²) < 4.78 is 12.0. The van der Waals surface area contributed by atoms with E-state index in [-0.39, 0.29) is 24.9 Å². The van der Waals surface area contributed by atoms with Crippen LogP contribution in [0.4, 0.5) is 0 Å². The van der Waals surface area contributed by atoms with Gasteiger partial charge in [-0.1, -0.05) is 55.8 Å². The van der Waals surface area contributed by atoms with Gasteiger partial charge in [-0.25, -0.2) is 5.43 Å². The number of hydrogen-bond donors (Lipinski definition) is 2. The molecule has 3 aromatic rings. The van der Waals surface area contributed by atoms with Crippen molar-refractivity contribution >= 4 is 41.0 Å². The van der Waals surface area contributed by atoms with E-state index in [1.807, 2.05) is 68.6 Å². The molecule has 0 bridgehead atoms. The molecule has 1 unspecified atom stereocenters. The average molecular weight is 568 g/mol. The number of hydrazone groups is 1. The van der Waals surface area contributed by atoms with Crippen molar-refractivity contribution in [3.05, 3.63) is 93.2 Å². The first kappa shape index (κ1) is 29.9. The summed E-state index contributed by atoms with van der Waals surface area (Å²) in [6.07, 6.45) is 4.09. The van der Waals surface area contributed by atoms with Gasteiger partial charge in [0, 0.05) is 21.0 Å². The Morgan fingerprint density at radius 1 is 1.13 bits per heavy atom. The van der Waals surface area contributed by atoms with Crippen molar-refractivity contribution in [1.29, 1.82) is 0 Å². The van der Waals surface area contributed by atoms with E-state index < -0.39 is 11.9 Å². The maximum Gasteiger partial charge on any atom is 0.262 e. The lowest BCUT2D eigenvalue weighted by molar-refractivity contribution is -0.129. The van der Waals surface area contributed by atoms with Gasteiger partial charge in [-0.2, -0.15) is 5.10 Å². The average Bonchev–Trinajstić information content (AvgIpc) is 3.41. The molecule has 9 heteroatoms. The molecule has 0 aliphatic heterocycles. The first-order valence-corrected chi connectivity index (χ1v) is 14.0. The molecule has 2 N–H and O–H groups in total. The van der Waals surface area contributed by atoms with E-state index in [4.69, 9.17) is 21.1 Å². The Balaban J connectivity index is 1.73. The molecule has 0 radical (unpaired) electrons. The van der Waals surface area contributed by atoms with Gasteiger partial charge in [0.1, 0.15) is 12.6 Å². The number of nitrogens with one attached hydrogen (secondary N) is 2. The highest BCUT2D eigenvalue weighted by Gasteiger charge is 2.24. The van der Waals surface area contributed by atoms with Crippen LogP contribution in [0.2, 0.25) is 5.02 Å². The number of ether oxygens (including phenoxy) is 2. The SMILES string of the molecule is C=CCc1cc(/C=N\NC(=O)C(NC(=O)Cc2cccs2)C(C)C)cc(OCC)c1OCc1ccccc1Cl. The van der Waals surface area contributed by atoms with Crippen molar-refractivity contribution in [1.82, 2.24) is 10.7 Å². The van der Waals surface area contributed by atoms with Crippen molar-refractivity contribution < 1.29 is 19.1 Å². The molecule has 7 nitrogen and oxygen atoms in total. The van der Waals surface area contributed by atoms with Gasteiger partial charge in [-0.15, -0.1) is 17.9 Å². The van der Waals surface area contributed by atoms with Gasteiger partial charge < -0.3 is 14.8 Å². The fraction of sp³-hybridized carbons (Fsp3) is 0.300. The molecule has 1 heterocycles. The summed E-state index contributed by atoms with van der Waals surface area (Å²) in [7, 11) is 0. The molecule has 0 saturated carbocycles. The van der Waals surface area contributed by atoms with E-state index in [0.29, 0.717) is 35.1 Å². The molecule has 0 spiro atoms. The lowest BCUT2D eigenvalue weighted by Crippen LogP contribution is -2.49. The van der Waals surface area contributed by atoms with Crippen LogP contribution < -0.4 is 20.2 Å². The number of hydrogen-bond acceptors (Lipinski definition) is 6. The minimum atomic E-state index is -0.717. The van der Waals surface area contributed by atoms with E-state index in [1.54, 1.807) is 12.1 Å². The molecule has 0 aliphatic rings. The molecular formula is C30H34ClN3O4S. The summed E-state index contributed by atoms with van der Waals surface area (Å²) in [5, 5.41) is 9.51. The second kappa shape index (κ2) is 15.1. The molecule has 1 aromatic heterocycles. The Morgan fingerprint density at radius 2 is 1.92 bits per heavy atom. The largest absolute Gasteiger partial charge is 0.490 e. The van der Waals surface area contributed by atoms with E-state index >= 15 is 0 Å². The fourth-order valence-corrected chi connectivity index (χ4v) is 4.72. The Labute approximate surface area is 238 Å². The highest BCUT2D eigenvalue weighted by Crippen LogP contribution is 2.34. The van der Waals surface area contributed by atoms with Crippen molar-refractivity contribution in [2.45, 2.75) is 46.3 Å². The Bertz CT molecular complexity index is 1290. The zero-order valence-electron chi connectivity index (χ0n) is 22.4. The number of nitrogens with zero attached hydrogens (tertiary/aromatic N) is 1. The highest BCUT2D eigenvalue weighted by atomic mass is 35.5. The standard InChI is InChI=1S/C30H34ClN3O4S/c1-5-10-22-15-21(16-26(37-6-2)29(22)38-19-23-11-7-8-13-25(23)31)18-32-34-30(36)28(20(3)4)33-27(35)17-24-12-9-14-39-24/h5,7-9,11-16,18,20,28H,1,6,10,17,19H2,2-4H3,(H,33,35)(H,34,36)/b32-18-. The van der Waals surface area contributed by atoms with E-state index in [9.17, 15) is 9.59 Å². The maximum absolute atomic E-state index is 12.8.